The first-order chi connectivity index (χ1) is 25.8. The second-order valence-electron chi connectivity index (χ2n) is 14.8. The molecule has 2 aromatic heterocycles. The monoisotopic (exact) mass is 680 g/mol. The van der Waals surface area contributed by atoms with Gasteiger partial charge in [-0.2, -0.15) is 0 Å². The van der Waals surface area contributed by atoms with E-state index in [9.17, 15) is 0 Å². The van der Waals surface area contributed by atoms with E-state index in [4.69, 9.17) is 9.97 Å². The van der Waals surface area contributed by atoms with Gasteiger partial charge in [-0.1, -0.05) is 147 Å². The first-order valence-electron chi connectivity index (χ1n) is 18.4. The van der Waals surface area contributed by atoms with E-state index in [2.05, 4.69) is 198 Å². The third-order valence-corrected chi connectivity index (χ3v) is 10.9. The number of hydrogen-bond donors (Lipinski definition) is 0. The summed E-state index contributed by atoms with van der Waals surface area (Å²) in [6.45, 7) is 9.18. The minimum absolute atomic E-state index is 0.228. The average Bonchev–Trinajstić information content (AvgIpc) is 3.41. The maximum absolute atomic E-state index is 5.31. The molecule has 0 saturated carbocycles. The molecule has 9 rings (SSSR count). The number of nitrogens with zero attached hydrogens (tertiary/aromatic N) is 2. The molecule has 254 valence electrons. The molecule has 0 spiro atoms. The summed E-state index contributed by atoms with van der Waals surface area (Å²) < 4.78 is 0. The van der Waals surface area contributed by atoms with Crippen LogP contribution < -0.4 is 0 Å². The molecule has 0 bridgehead atoms. The molecular formula is C51H40N2. The van der Waals surface area contributed by atoms with E-state index in [0.29, 0.717) is 0 Å². The number of fused-ring (bicyclic) bond motifs is 3. The molecule has 6 aromatic carbocycles. The third-order valence-electron chi connectivity index (χ3n) is 10.9. The summed E-state index contributed by atoms with van der Waals surface area (Å²) in [4.78, 5) is 10.6. The summed E-state index contributed by atoms with van der Waals surface area (Å²) >= 11 is 0. The van der Waals surface area contributed by atoms with Crippen LogP contribution in [0.4, 0.5) is 0 Å². The molecule has 53 heavy (non-hydrogen) atoms. The Hall–Kier alpha value is -6.38. The fraction of sp³-hybridized carbons (Fsp3) is 0.0980. The van der Waals surface area contributed by atoms with E-state index >= 15 is 0 Å². The molecule has 0 radical (unpaired) electrons. The van der Waals surface area contributed by atoms with Crippen molar-refractivity contribution < 1.29 is 0 Å². The van der Waals surface area contributed by atoms with E-state index in [1.165, 1.54) is 55.6 Å². The van der Waals surface area contributed by atoms with Crippen molar-refractivity contribution >= 4 is 0 Å². The maximum atomic E-state index is 5.31. The Balaban J connectivity index is 1.18. The Bertz CT molecular complexity index is 2320. The number of benzene rings is 6. The van der Waals surface area contributed by atoms with Gasteiger partial charge in [0.15, 0.2) is 0 Å². The van der Waals surface area contributed by atoms with E-state index < -0.39 is 0 Å². The number of hydrogen-bond acceptors (Lipinski definition) is 2. The van der Waals surface area contributed by atoms with Crippen LogP contribution in [0, 0.1) is 13.8 Å². The summed E-state index contributed by atoms with van der Waals surface area (Å²) in [5.41, 5.74) is 20.7. The number of aryl methyl sites for hydroxylation is 2. The van der Waals surface area contributed by atoms with Gasteiger partial charge in [-0.15, -0.1) is 0 Å². The molecule has 1 aliphatic rings. The van der Waals surface area contributed by atoms with Crippen LogP contribution in [0.2, 0.25) is 0 Å². The lowest BCUT2D eigenvalue weighted by Crippen LogP contribution is -2.15. The highest BCUT2D eigenvalue weighted by Crippen LogP contribution is 2.52. The van der Waals surface area contributed by atoms with Crippen LogP contribution in [0.15, 0.2) is 170 Å². The Labute approximate surface area is 312 Å². The van der Waals surface area contributed by atoms with Crippen LogP contribution in [-0.2, 0) is 5.41 Å². The maximum Gasteiger partial charge on any atom is 0.0718 e. The van der Waals surface area contributed by atoms with Gasteiger partial charge in [-0.05, 0) is 106 Å². The fourth-order valence-electron chi connectivity index (χ4n) is 8.04. The molecule has 0 amide bonds. The van der Waals surface area contributed by atoms with Crippen molar-refractivity contribution in [3.05, 3.63) is 192 Å². The van der Waals surface area contributed by atoms with Crippen LogP contribution in [0.25, 0.3) is 78.4 Å². The molecule has 2 heterocycles. The lowest BCUT2D eigenvalue weighted by atomic mass is 9.80. The molecule has 0 N–H and O–H groups in total. The van der Waals surface area contributed by atoms with E-state index in [1.54, 1.807) is 0 Å². The highest BCUT2D eigenvalue weighted by Gasteiger charge is 2.37. The van der Waals surface area contributed by atoms with Crippen LogP contribution in [0.5, 0.6) is 0 Å². The van der Waals surface area contributed by atoms with Gasteiger partial charge in [0, 0.05) is 27.7 Å². The van der Waals surface area contributed by atoms with Crippen LogP contribution in [-0.4, -0.2) is 9.97 Å². The van der Waals surface area contributed by atoms with Crippen LogP contribution >= 0.6 is 0 Å². The zero-order valence-corrected chi connectivity index (χ0v) is 30.6. The Morgan fingerprint density at radius 2 is 0.642 bits per heavy atom. The SMILES string of the molecule is Cc1cc2c(cc1-c1cc(-c3ccccc3)cc(-c3ccccc3)n1)C(C)(C)c1cc(-c3cc(-c4ccccc4)cc(-c4ccccc4)n3)c(C)cc1-2. The Morgan fingerprint density at radius 1 is 0.321 bits per heavy atom. The summed E-state index contributed by atoms with van der Waals surface area (Å²) in [5, 5.41) is 0. The summed E-state index contributed by atoms with van der Waals surface area (Å²) in [6, 6.07) is 60.8. The molecule has 1 aliphatic carbocycles. The topological polar surface area (TPSA) is 25.8 Å². The molecule has 8 aromatic rings. The lowest BCUT2D eigenvalue weighted by molar-refractivity contribution is 0.660. The first kappa shape index (κ1) is 32.5. The Kier molecular flexibility index (Phi) is 7.97. The smallest absolute Gasteiger partial charge is 0.0718 e. The standard InChI is InChI=1S/C51H40N2/c1-33-25-43-44-26-34(2)42(50-30-40(36-19-11-6-12-20-36)28-48(53-50)38-23-15-8-16-24-38)32-46(44)51(3,4)45(43)31-41(33)49-29-39(35-17-9-5-10-18-35)27-47(52-49)37-21-13-7-14-22-37/h5-32H,1-4H3. The van der Waals surface area contributed by atoms with Crippen molar-refractivity contribution in [2.24, 2.45) is 0 Å². The zero-order chi connectivity index (χ0) is 36.1. The van der Waals surface area contributed by atoms with Gasteiger partial charge < -0.3 is 0 Å². The van der Waals surface area contributed by atoms with Crippen LogP contribution in [0.1, 0.15) is 36.1 Å². The largest absolute Gasteiger partial charge is 0.248 e. The predicted octanol–water partition coefficient (Wildman–Crippen LogP) is 13.4. The summed E-state index contributed by atoms with van der Waals surface area (Å²) in [6.07, 6.45) is 0. The van der Waals surface area contributed by atoms with Gasteiger partial charge >= 0.3 is 0 Å². The van der Waals surface area contributed by atoms with Crippen molar-refractivity contribution in [1.29, 1.82) is 0 Å². The van der Waals surface area contributed by atoms with Gasteiger partial charge in [0.25, 0.3) is 0 Å². The number of aromatic nitrogens is 2. The number of pyridine rings is 2. The van der Waals surface area contributed by atoms with Crippen LogP contribution in [0.3, 0.4) is 0 Å². The first-order valence-corrected chi connectivity index (χ1v) is 18.4. The van der Waals surface area contributed by atoms with Crippen molar-refractivity contribution in [2.45, 2.75) is 33.1 Å². The van der Waals surface area contributed by atoms with E-state index in [0.717, 1.165) is 45.0 Å². The molecule has 2 nitrogen and oxygen atoms in total. The minimum Gasteiger partial charge on any atom is -0.248 e. The average molecular weight is 681 g/mol. The second kappa shape index (κ2) is 13.0. The van der Waals surface area contributed by atoms with Crippen molar-refractivity contribution in [3.8, 4) is 78.4 Å². The van der Waals surface area contributed by atoms with E-state index in [-0.39, 0.29) is 5.41 Å². The van der Waals surface area contributed by atoms with Crippen molar-refractivity contribution in [2.75, 3.05) is 0 Å². The van der Waals surface area contributed by atoms with E-state index in [1.807, 2.05) is 0 Å². The minimum atomic E-state index is -0.228. The second-order valence-corrected chi connectivity index (χ2v) is 14.8. The Morgan fingerprint density at radius 3 is 1.00 bits per heavy atom. The molecule has 0 aliphatic heterocycles. The molecular weight excluding hydrogens is 641 g/mol. The highest BCUT2D eigenvalue weighted by molar-refractivity contribution is 5.89. The summed E-state index contributed by atoms with van der Waals surface area (Å²) in [7, 11) is 0. The van der Waals surface area contributed by atoms with Gasteiger partial charge in [-0.3, -0.25) is 0 Å². The zero-order valence-electron chi connectivity index (χ0n) is 30.6. The molecule has 0 atom stereocenters. The van der Waals surface area contributed by atoms with Crippen molar-refractivity contribution in [3.63, 3.8) is 0 Å². The molecule has 0 saturated heterocycles. The quantitative estimate of drug-likeness (QED) is 0.175. The highest BCUT2D eigenvalue weighted by atomic mass is 14.7. The predicted molar refractivity (Wildman–Crippen MR) is 222 cm³/mol. The van der Waals surface area contributed by atoms with Gasteiger partial charge in [0.2, 0.25) is 0 Å². The molecule has 0 fully saturated rings. The molecule has 0 unspecified atom stereocenters. The lowest BCUT2D eigenvalue weighted by Gasteiger charge is -2.23. The number of rotatable bonds is 6. The van der Waals surface area contributed by atoms with Crippen molar-refractivity contribution in [1.82, 2.24) is 9.97 Å². The normalized spacial score (nSPS) is 12.7. The van der Waals surface area contributed by atoms with Gasteiger partial charge in [0.1, 0.15) is 0 Å². The molecule has 2 heteroatoms. The summed E-state index contributed by atoms with van der Waals surface area (Å²) in [5.74, 6) is 0. The third kappa shape index (κ3) is 5.87. The van der Waals surface area contributed by atoms with Gasteiger partial charge in [-0.25, -0.2) is 9.97 Å². The fourth-order valence-corrected chi connectivity index (χ4v) is 8.04. The van der Waals surface area contributed by atoms with Gasteiger partial charge in [0.05, 0.1) is 22.8 Å².